The highest BCUT2D eigenvalue weighted by Crippen LogP contribution is 2.19. The molecule has 88 valence electrons. The predicted octanol–water partition coefficient (Wildman–Crippen LogP) is 0.0592. The smallest absolute Gasteiger partial charge is 0.335 e. The van der Waals surface area contributed by atoms with E-state index < -0.39 is 22.7 Å². The van der Waals surface area contributed by atoms with E-state index >= 15 is 0 Å². The van der Waals surface area contributed by atoms with Crippen LogP contribution >= 0.6 is 0 Å². The van der Waals surface area contributed by atoms with Crippen molar-refractivity contribution >= 4 is 17.0 Å². The third kappa shape index (κ3) is 3.02. The molecule has 0 spiro atoms. The summed E-state index contributed by atoms with van der Waals surface area (Å²) in [4.78, 5) is 10.6. The molecule has 1 unspecified atom stereocenters. The number of hydrogen-bond acceptors (Lipinski definition) is 5. The standard InChI is InChI=1S/C9H11NO5S/c1-9(10,15-16(13)14)7-4-2-6(3-5-7)8(11)12/h2-5,16H,10H2,1H3,(H,11,12). The number of carboxylic acids is 1. The lowest BCUT2D eigenvalue weighted by Crippen LogP contribution is -2.35. The largest absolute Gasteiger partial charge is 0.478 e. The first-order valence-corrected chi connectivity index (χ1v) is 5.39. The van der Waals surface area contributed by atoms with Crippen molar-refractivity contribution in [2.24, 2.45) is 5.73 Å². The first kappa shape index (κ1) is 12.6. The molecule has 0 aliphatic heterocycles. The van der Waals surface area contributed by atoms with E-state index in [1.165, 1.54) is 31.2 Å². The summed E-state index contributed by atoms with van der Waals surface area (Å²) < 4.78 is 25.3. The fraction of sp³-hybridized carbons (Fsp3) is 0.222. The molecule has 1 aromatic carbocycles. The lowest BCUT2D eigenvalue weighted by molar-refractivity contribution is 0.0695. The highest BCUT2D eigenvalue weighted by molar-refractivity contribution is 7.67. The quantitative estimate of drug-likeness (QED) is 0.511. The van der Waals surface area contributed by atoms with Gasteiger partial charge in [-0.3, -0.25) is 5.73 Å². The number of carboxylic acid groups (broad SMARTS) is 1. The second-order valence-corrected chi connectivity index (χ2v) is 3.93. The van der Waals surface area contributed by atoms with Crippen LogP contribution in [0.2, 0.25) is 0 Å². The summed E-state index contributed by atoms with van der Waals surface area (Å²) in [5.41, 5.74) is 4.58. The summed E-state index contributed by atoms with van der Waals surface area (Å²) in [6.45, 7) is 1.37. The Morgan fingerprint density at radius 1 is 1.38 bits per heavy atom. The zero-order chi connectivity index (χ0) is 12.3. The van der Waals surface area contributed by atoms with E-state index in [0.717, 1.165) is 0 Å². The maximum Gasteiger partial charge on any atom is 0.335 e. The lowest BCUT2D eigenvalue weighted by atomic mass is 10.0. The van der Waals surface area contributed by atoms with Gasteiger partial charge in [-0.15, -0.1) is 0 Å². The third-order valence-electron chi connectivity index (χ3n) is 1.97. The molecule has 0 amide bonds. The Morgan fingerprint density at radius 2 is 1.88 bits per heavy atom. The Morgan fingerprint density at radius 3 is 2.25 bits per heavy atom. The van der Waals surface area contributed by atoms with Crippen molar-refractivity contribution in [1.29, 1.82) is 0 Å². The van der Waals surface area contributed by atoms with Crippen LogP contribution in [0.25, 0.3) is 0 Å². The van der Waals surface area contributed by atoms with Crippen LogP contribution in [0.15, 0.2) is 24.3 Å². The van der Waals surface area contributed by atoms with E-state index in [1.54, 1.807) is 0 Å². The minimum absolute atomic E-state index is 0.0889. The van der Waals surface area contributed by atoms with Crippen LogP contribution in [0.4, 0.5) is 0 Å². The molecule has 7 heteroatoms. The molecule has 0 saturated carbocycles. The number of benzene rings is 1. The molecule has 0 heterocycles. The predicted molar refractivity (Wildman–Crippen MR) is 56.3 cm³/mol. The number of thiol groups is 1. The Hall–Kier alpha value is -1.44. The number of carbonyl (C=O) groups is 1. The van der Waals surface area contributed by atoms with Gasteiger partial charge in [0.1, 0.15) is 0 Å². The van der Waals surface area contributed by atoms with Gasteiger partial charge in [-0.2, -0.15) is 0 Å². The highest BCUT2D eigenvalue weighted by atomic mass is 32.2. The summed E-state index contributed by atoms with van der Waals surface area (Å²) >= 11 is 0. The molecule has 0 radical (unpaired) electrons. The SMILES string of the molecule is CC(N)(O[SH](=O)=O)c1ccc(C(=O)O)cc1. The maximum absolute atomic E-state index is 10.6. The monoisotopic (exact) mass is 245 g/mol. The molecule has 1 rings (SSSR count). The molecule has 0 bridgehead atoms. The van der Waals surface area contributed by atoms with E-state index in [-0.39, 0.29) is 5.56 Å². The normalized spacial score (nSPS) is 14.7. The van der Waals surface area contributed by atoms with Crippen molar-refractivity contribution in [3.05, 3.63) is 35.4 Å². The van der Waals surface area contributed by atoms with Crippen LogP contribution < -0.4 is 5.73 Å². The Balaban J connectivity index is 3.01. The Kier molecular flexibility index (Phi) is 3.63. The van der Waals surface area contributed by atoms with Gasteiger partial charge in [0.05, 0.1) is 5.56 Å². The van der Waals surface area contributed by atoms with Gasteiger partial charge in [-0.1, -0.05) is 12.1 Å². The summed E-state index contributed by atoms with van der Waals surface area (Å²) in [7, 11) is -3.07. The molecule has 0 aliphatic rings. The van der Waals surface area contributed by atoms with Crippen molar-refractivity contribution in [3.8, 4) is 0 Å². The second kappa shape index (κ2) is 4.60. The molecule has 0 aliphatic carbocycles. The van der Waals surface area contributed by atoms with Gasteiger partial charge < -0.3 is 5.11 Å². The van der Waals surface area contributed by atoms with Crippen molar-refractivity contribution in [2.75, 3.05) is 0 Å². The number of hydrogen-bond donors (Lipinski definition) is 3. The van der Waals surface area contributed by atoms with Gasteiger partial charge in [0, 0.05) is 0 Å². The van der Waals surface area contributed by atoms with E-state index in [4.69, 9.17) is 10.8 Å². The van der Waals surface area contributed by atoms with Gasteiger partial charge in [0.25, 0.3) is 11.0 Å². The van der Waals surface area contributed by atoms with E-state index in [2.05, 4.69) is 4.18 Å². The van der Waals surface area contributed by atoms with E-state index in [0.29, 0.717) is 5.56 Å². The summed E-state index contributed by atoms with van der Waals surface area (Å²) in [5, 5.41) is 8.66. The van der Waals surface area contributed by atoms with Crippen LogP contribution in [0.5, 0.6) is 0 Å². The van der Waals surface area contributed by atoms with Crippen molar-refractivity contribution in [3.63, 3.8) is 0 Å². The molecular formula is C9H11NO5S. The fourth-order valence-corrected chi connectivity index (χ4v) is 1.57. The highest BCUT2D eigenvalue weighted by Gasteiger charge is 2.23. The molecule has 6 nitrogen and oxygen atoms in total. The minimum atomic E-state index is -3.07. The average Bonchev–Trinajstić information content (AvgIpc) is 2.16. The molecule has 0 fully saturated rings. The van der Waals surface area contributed by atoms with Gasteiger partial charge in [-0.25, -0.2) is 17.4 Å². The zero-order valence-electron chi connectivity index (χ0n) is 8.41. The van der Waals surface area contributed by atoms with Gasteiger partial charge in [-0.05, 0) is 24.6 Å². The molecule has 3 N–H and O–H groups in total. The zero-order valence-corrected chi connectivity index (χ0v) is 9.31. The van der Waals surface area contributed by atoms with Crippen molar-refractivity contribution in [1.82, 2.24) is 0 Å². The van der Waals surface area contributed by atoms with Gasteiger partial charge in [0.15, 0.2) is 5.72 Å². The van der Waals surface area contributed by atoms with Gasteiger partial charge in [0.2, 0.25) is 0 Å². The first-order chi connectivity index (χ1) is 7.33. The molecule has 0 aromatic heterocycles. The Bertz CT molecular complexity index is 455. The summed E-state index contributed by atoms with van der Waals surface area (Å²) in [6.07, 6.45) is 0. The second-order valence-electron chi connectivity index (χ2n) is 3.30. The summed E-state index contributed by atoms with van der Waals surface area (Å²) in [5.74, 6) is -1.07. The number of rotatable bonds is 4. The average molecular weight is 245 g/mol. The topological polar surface area (TPSA) is 107 Å². The van der Waals surface area contributed by atoms with Crippen LogP contribution in [0, 0.1) is 0 Å². The fourth-order valence-electron chi connectivity index (χ4n) is 1.15. The number of nitrogens with two attached hydrogens (primary N) is 1. The van der Waals surface area contributed by atoms with E-state index in [9.17, 15) is 13.2 Å². The van der Waals surface area contributed by atoms with E-state index in [1.807, 2.05) is 0 Å². The minimum Gasteiger partial charge on any atom is -0.478 e. The van der Waals surface area contributed by atoms with Crippen LogP contribution in [-0.4, -0.2) is 19.5 Å². The van der Waals surface area contributed by atoms with Crippen LogP contribution in [0.1, 0.15) is 22.8 Å². The number of aromatic carboxylic acids is 1. The molecule has 0 saturated heterocycles. The Labute approximate surface area is 93.8 Å². The lowest BCUT2D eigenvalue weighted by Gasteiger charge is -2.21. The molecule has 16 heavy (non-hydrogen) atoms. The summed E-state index contributed by atoms with van der Waals surface area (Å²) in [6, 6.07) is 5.46. The van der Waals surface area contributed by atoms with Crippen LogP contribution in [-0.2, 0) is 20.9 Å². The van der Waals surface area contributed by atoms with Crippen LogP contribution in [0.3, 0.4) is 0 Å². The van der Waals surface area contributed by atoms with Crippen molar-refractivity contribution in [2.45, 2.75) is 12.6 Å². The molecular weight excluding hydrogens is 234 g/mol. The maximum atomic E-state index is 10.6. The first-order valence-electron chi connectivity index (χ1n) is 4.29. The van der Waals surface area contributed by atoms with Gasteiger partial charge >= 0.3 is 5.97 Å². The molecule has 1 aromatic rings. The third-order valence-corrected chi connectivity index (χ3v) is 2.50. The van der Waals surface area contributed by atoms with Crippen molar-refractivity contribution < 1.29 is 22.5 Å². The molecule has 1 atom stereocenters.